The zero-order chi connectivity index (χ0) is 19.8. The highest BCUT2D eigenvalue weighted by atomic mass is 35.5. The fourth-order valence-corrected chi connectivity index (χ4v) is 3.57. The molecule has 29 heavy (non-hydrogen) atoms. The zero-order valence-corrected chi connectivity index (χ0v) is 17.5. The second kappa shape index (κ2) is 8.49. The van der Waals surface area contributed by atoms with Gasteiger partial charge in [-0.05, 0) is 62.2 Å². The van der Waals surface area contributed by atoms with Gasteiger partial charge in [0.25, 0.3) is 5.91 Å². The standard InChI is InChI=1S/C20H19ClFN5O.ClH/c1-11-9-12(2)27(26-11)17-6-4-15(21)19(25-17)20(28)24-16-5-3-13-10-23-8-7-14(13)18(16)22;/h3-6,9,23H,7-8,10H2,1-2H3,(H,24,28);1H. The van der Waals surface area contributed by atoms with E-state index in [-0.39, 0.29) is 28.8 Å². The molecule has 0 unspecified atom stereocenters. The molecule has 0 fully saturated rings. The van der Waals surface area contributed by atoms with Gasteiger partial charge in [-0.25, -0.2) is 14.1 Å². The normalized spacial score (nSPS) is 12.8. The minimum absolute atomic E-state index is 0. The summed E-state index contributed by atoms with van der Waals surface area (Å²) in [5, 5.41) is 10.4. The molecule has 152 valence electrons. The van der Waals surface area contributed by atoms with E-state index in [0.29, 0.717) is 30.9 Å². The highest BCUT2D eigenvalue weighted by Crippen LogP contribution is 2.26. The lowest BCUT2D eigenvalue weighted by Crippen LogP contribution is -2.25. The quantitative estimate of drug-likeness (QED) is 0.651. The highest BCUT2D eigenvalue weighted by molar-refractivity contribution is 6.34. The Morgan fingerprint density at radius 2 is 2.07 bits per heavy atom. The van der Waals surface area contributed by atoms with Gasteiger partial charge in [-0.3, -0.25) is 4.79 Å². The molecule has 1 amide bonds. The Morgan fingerprint density at radius 3 is 2.79 bits per heavy atom. The molecule has 0 saturated carbocycles. The smallest absolute Gasteiger partial charge is 0.275 e. The number of hydrogen-bond acceptors (Lipinski definition) is 4. The number of nitrogens with one attached hydrogen (secondary N) is 2. The lowest BCUT2D eigenvalue weighted by Gasteiger charge is -2.19. The Labute approximate surface area is 178 Å². The van der Waals surface area contributed by atoms with Crippen molar-refractivity contribution in [3.8, 4) is 5.82 Å². The number of amides is 1. The summed E-state index contributed by atoms with van der Waals surface area (Å²) in [7, 11) is 0. The number of halogens is 3. The molecule has 9 heteroatoms. The van der Waals surface area contributed by atoms with Gasteiger partial charge in [0, 0.05) is 12.2 Å². The van der Waals surface area contributed by atoms with Crippen LogP contribution in [0.15, 0.2) is 30.3 Å². The molecular weight excluding hydrogens is 416 g/mol. The molecule has 6 nitrogen and oxygen atoms in total. The van der Waals surface area contributed by atoms with Crippen molar-refractivity contribution in [1.29, 1.82) is 0 Å². The maximum absolute atomic E-state index is 14.8. The van der Waals surface area contributed by atoms with Gasteiger partial charge >= 0.3 is 0 Å². The van der Waals surface area contributed by atoms with Crippen molar-refractivity contribution >= 4 is 35.6 Å². The third kappa shape index (κ3) is 4.12. The van der Waals surface area contributed by atoms with Crippen LogP contribution < -0.4 is 10.6 Å². The molecule has 0 aliphatic carbocycles. The summed E-state index contributed by atoms with van der Waals surface area (Å²) in [6.07, 6.45) is 0.581. The number of aromatic nitrogens is 3. The monoisotopic (exact) mass is 435 g/mol. The minimum Gasteiger partial charge on any atom is -0.318 e. The highest BCUT2D eigenvalue weighted by Gasteiger charge is 2.20. The molecule has 2 N–H and O–H groups in total. The van der Waals surface area contributed by atoms with Crippen molar-refractivity contribution in [2.75, 3.05) is 11.9 Å². The second-order valence-electron chi connectivity index (χ2n) is 6.78. The van der Waals surface area contributed by atoms with Crippen LogP contribution >= 0.6 is 24.0 Å². The number of carbonyl (C=O) groups is 1. The van der Waals surface area contributed by atoms with Gasteiger partial charge in [0.15, 0.2) is 5.82 Å². The van der Waals surface area contributed by atoms with Crippen LogP contribution in [0.3, 0.4) is 0 Å². The number of benzene rings is 1. The molecule has 1 aliphatic heterocycles. The van der Waals surface area contributed by atoms with E-state index in [1.807, 2.05) is 26.0 Å². The van der Waals surface area contributed by atoms with Crippen molar-refractivity contribution < 1.29 is 9.18 Å². The first kappa shape index (κ1) is 21.2. The first-order chi connectivity index (χ1) is 13.4. The van der Waals surface area contributed by atoms with Gasteiger partial charge in [-0.1, -0.05) is 17.7 Å². The molecule has 4 rings (SSSR count). The maximum Gasteiger partial charge on any atom is 0.275 e. The van der Waals surface area contributed by atoms with Crippen LogP contribution in [0.2, 0.25) is 5.02 Å². The van der Waals surface area contributed by atoms with E-state index >= 15 is 0 Å². The average molecular weight is 436 g/mol. The predicted octanol–water partition coefficient (Wildman–Crippen LogP) is 4.00. The van der Waals surface area contributed by atoms with Gasteiger partial charge < -0.3 is 10.6 Å². The predicted molar refractivity (Wildman–Crippen MR) is 113 cm³/mol. The van der Waals surface area contributed by atoms with Crippen LogP contribution in [0, 0.1) is 19.7 Å². The molecule has 0 radical (unpaired) electrons. The lowest BCUT2D eigenvalue weighted by molar-refractivity contribution is 0.102. The average Bonchev–Trinajstić information content (AvgIpc) is 3.02. The van der Waals surface area contributed by atoms with E-state index in [1.54, 1.807) is 22.9 Å². The Hall–Kier alpha value is -2.48. The topological polar surface area (TPSA) is 71.8 Å². The summed E-state index contributed by atoms with van der Waals surface area (Å²) in [6.45, 7) is 5.10. The van der Waals surface area contributed by atoms with Crippen molar-refractivity contribution in [2.45, 2.75) is 26.8 Å². The van der Waals surface area contributed by atoms with Gasteiger partial charge in [0.2, 0.25) is 0 Å². The largest absolute Gasteiger partial charge is 0.318 e. The van der Waals surface area contributed by atoms with E-state index in [1.165, 1.54) is 0 Å². The van der Waals surface area contributed by atoms with Crippen molar-refractivity contribution in [3.05, 3.63) is 69.4 Å². The van der Waals surface area contributed by atoms with Crippen LogP contribution in [0.4, 0.5) is 10.1 Å². The Balaban J connectivity index is 0.00000240. The fraction of sp³-hybridized carbons (Fsp3) is 0.250. The molecule has 2 aromatic heterocycles. The van der Waals surface area contributed by atoms with Gasteiger partial charge in [-0.15, -0.1) is 12.4 Å². The number of pyridine rings is 1. The van der Waals surface area contributed by atoms with E-state index in [9.17, 15) is 9.18 Å². The molecule has 0 saturated heterocycles. The maximum atomic E-state index is 14.8. The fourth-order valence-electron chi connectivity index (χ4n) is 3.38. The van der Waals surface area contributed by atoms with Crippen molar-refractivity contribution in [3.63, 3.8) is 0 Å². The Kier molecular flexibility index (Phi) is 6.21. The SMILES string of the molecule is Cc1cc(C)n(-c2ccc(Cl)c(C(=O)Nc3ccc4c(c3F)CCNC4)n2)n1.Cl. The molecule has 1 aromatic carbocycles. The van der Waals surface area contributed by atoms with E-state index in [2.05, 4.69) is 20.7 Å². The van der Waals surface area contributed by atoms with Crippen LogP contribution in [-0.4, -0.2) is 27.2 Å². The Bertz CT molecular complexity index is 1080. The number of nitrogens with zero attached hydrogens (tertiary/aromatic N) is 3. The van der Waals surface area contributed by atoms with E-state index in [4.69, 9.17) is 11.6 Å². The zero-order valence-electron chi connectivity index (χ0n) is 15.9. The van der Waals surface area contributed by atoms with Crippen molar-refractivity contribution in [2.24, 2.45) is 0 Å². The molecule has 1 aliphatic rings. The van der Waals surface area contributed by atoms with Crippen LogP contribution in [0.5, 0.6) is 0 Å². The van der Waals surface area contributed by atoms with Crippen LogP contribution in [-0.2, 0) is 13.0 Å². The summed E-state index contributed by atoms with van der Waals surface area (Å²) in [4.78, 5) is 17.1. The molecular formula is C20H20Cl2FN5O. The number of rotatable bonds is 3. The van der Waals surface area contributed by atoms with Gasteiger partial charge in [0.05, 0.1) is 16.4 Å². The number of anilines is 1. The van der Waals surface area contributed by atoms with Gasteiger partial charge in [-0.2, -0.15) is 5.10 Å². The molecule has 3 aromatic rings. The molecule has 0 atom stereocenters. The third-order valence-corrected chi connectivity index (χ3v) is 5.03. The minimum atomic E-state index is -0.568. The summed E-state index contributed by atoms with van der Waals surface area (Å²) in [6, 6.07) is 8.57. The van der Waals surface area contributed by atoms with Gasteiger partial charge in [0.1, 0.15) is 11.5 Å². The summed E-state index contributed by atoms with van der Waals surface area (Å²) >= 11 is 6.19. The van der Waals surface area contributed by atoms with E-state index < -0.39 is 11.7 Å². The second-order valence-corrected chi connectivity index (χ2v) is 7.19. The van der Waals surface area contributed by atoms with Crippen LogP contribution in [0.1, 0.15) is 33.0 Å². The third-order valence-electron chi connectivity index (χ3n) is 4.73. The summed E-state index contributed by atoms with van der Waals surface area (Å²) in [5.41, 5.74) is 3.40. The number of carbonyl (C=O) groups excluding carboxylic acids is 1. The first-order valence-electron chi connectivity index (χ1n) is 8.96. The number of aryl methyl sites for hydroxylation is 2. The summed E-state index contributed by atoms with van der Waals surface area (Å²) in [5.74, 6) is -0.503. The van der Waals surface area contributed by atoms with Crippen LogP contribution in [0.25, 0.3) is 5.82 Å². The Morgan fingerprint density at radius 1 is 1.28 bits per heavy atom. The first-order valence-corrected chi connectivity index (χ1v) is 9.34. The molecule has 0 spiro atoms. The van der Waals surface area contributed by atoms with Crippen molar-refractivity contribution in [1.82, 2.24) is 20.1 Å². The number of hydrogen-bond donors (Lipinski definition) is 2. The van der Waals surface area contributed by atoms with E-state index in [0.717, 1.165) is 17.0 Å². The molecule has 3 heterocycles. The summed E-state index contributed by atoms with van der Waals surface area (Å²) < 4.78 is 16.5. The molecule has 0 bridgehead atoms. The number of fused-ring (bicyclic) bond motifs is 1. The lowest BCUT2D eigenvalue weighted by atomic mass is 9.99.